The summed E-state index contributed by atoms with van der Waals surface area (Å²) in [5.74, 6) is 5.10. The standard InChI is InChI=1S/C5H13N5O/c1-4(6)9-3-10(8)2-5(7)11/h9H,1-3,6,8H2,(H2,7,11). The van der Waals surface area contributed by atoms with Gasteiger partial charge in [0.1, 0.15) is 0 Å². The normalized spacial score (nSPS) is 9.64. The van der Waals surface area contributed by atoms with Crippen molar-refractivity contribution in [2.24, 2.45) is 17.3 Å². The van der Waals surface area contributed by atoms with Crippen molar-refractivity contribution < 1.29 is 4.79 Å². The molecule has 6 heteroatoms. The van der Waals surface area contributed by atoms with E-state index in [1.165, 1.54) is 5.01 Å². The van der Waals surface area contributed by atoms with Crippen LogP contribution in [0.1, 0.15) is 0 Å². The maximum absolute atomic E-state index is 10.3. The van der Waals surface area contributed by atoms with E-state index in [4.69, 9.17) is 17.3 Å². The number of hydrazine groups is 1. The molecule has 0 atom stereocenters. The molecule has 0 aliphatic carbocycles. The first-order valence-corrected chi connectivity index (χ1v) is 2.98. The van der Waals surface area contributed by atoms with E-state index in [1.54, 1.807) is 0 Å². The van der Waals surface area contributed by atoms with Crippen LogP contribution in [0.15, 0.2) is 12.4 Å². The average molecular weight is 159 g/mol. The van der Waals surface area contributed by atoms with Gasteiger partial charge < -0.3 is 16.8 Å². The van der Waals surface area contributed by atoms with E-state index in [1.807, 2.05) is 0 Å². The predicted molar refractivity (Wildman–Crippen MR) is 41.4 cm³/mol. The van der Waals surface area contributed by atoms with E-state index in [-0.39, 0.29) is 13.2 Å². The molecule has 0 saturated carbocycles. The van der Waals surface area contributed by atoms with Crippen LogP contribution in [0.2, 0.25) is 0 Å². The van der Waals surface area contributed by atoms with Crippen LogP contribution in [-0.2, 0) is 4.79 Å². The van der Waals surface area contributed by atoms with E-state index in [2.05, 4.69) is 11.9 Å². The average Bonchev–Trinajstić information content (AvgIpc) is 1.82. The molecule has 1 amide bonds. The molecule has 0 aromatic rings. The fourth-order valence-corrected chi connectivity index (χ4v) is 0.459. The summed E-state index contributed by atoms with van der Waals surface area (Å²) >= 11 is 0. The first-order chi connectivity index (χ1) is 5.02. The number of nitrogens with two attached hydrogens (primary N) is 3. The van der Waals surface area contributed by atoms with Crippen LogP contribution in [0, 0.1) is 0 Å². The quantitative estimate of drug-likeness (QED) is 0.203. The Balaban J connectivity index is 3.44. The first-order valence-electron chi connectivity index (χ1n) is 2.98. The van der Waals surface area contributed by atoms with E-state index in [9.17, 15) is 4.79 Å². The third-order valence-corrected chi connectivity index (χ3v) is 0.868. The first kappa shape index (κ1) is 9.73. The SMILES string of the molecule is C=C(N)NCN(N)CC(N)=O. The van der Waals surface area contributed by atoms with Crippen molar-refractivity contribution in [3.8, 4) is 0 Å². The predicted octanol–water partition coefficient (Wildman–Crippen LogP) is -2.38. The van der Waals surface area contributed by atoms with E-state index in [0.29, 0.717) is 5.82 Å². The number of primary amides is 1. The van der Waals surface area contributed by atoms with Gasteiger partial charge in [0.2, 0.25) is 5.91 Å². The van der Waals surface area contributed by atoms with Crippen molar-refractivity contribution >= 4 is 5.91 Å². The van der Waals surface area contributed by atoms with Gasteiger partial charge in [-0.3, -0.25) is 10.6 Å². The Morgan fingerprint density at radius 1 is 1.55 bits per heavy atom. The lowest BCUT2D eigenvalue weighted by Gasteiger charge is -2.14. The molecule has 6 nitrogen and oxygen atoms in total. The minimum Gasteiger partial charge on any atom is -0.386 e. The fraction of sp³-hybridized carbons (Fsp3) is 0.400. The van der Waals surface area contributed by atoms with Crippen molar-refractivity contribution in [2.45, 2.75) is 0 Å². The number of rotatable bonds is 5. The Bertz CT molecular complexity index is 157. The summed E-state index contributed by atoms with van der Waals surface area (Å²) in [7, 11) is 0. The summed E-state index contributed by atoms with van der Waals surface area (Å²) in [6.45, 7) is 3.61. The molecule has 11 heavy (non-hydrogen) atoms. The highest BCUT2D eigenvalue weighted by molar-refractivity contribution is 5.75. The lowest BCUT2D eigenvalue weighted by molar-refractivity contribution is -0.119. The molecule has 0 unspecified atom stereocenters. The molecule has 0 fully saturated rings. The zero-order valence-electron chi connectivity index (χ0n) is 6.21. The summed E-state index contributed by atoms with van der Waals surface area (Å²) in [4.78, 5) is 10.3. The third kappa shape index (κ3) is 6.62. The van der Waals surface area contributed by atoms with Crippen LogP contribution in [-0.4, -0.2) is 24.1 Å². The molecular weight excluding hydrogens is 146 g/mol. The molecule has 0 bridgehead atoms. The maximum Gasteiger partial charge on any atom is 0.233 e. The number of hydrogen-bond acceptors (Lipinski definition) is 5. The van der Waals surface area contributed by atoms with E-state index in [0.717, 1.165) is 0 Å². The van der Waals surface area contributed by atoms with Gasteiger partial charge in [0, 0.05) is 0 Å². The highest BCUT2D eigenvalue weighted by atomic mass is 16.1. The van der Waals surface area contributed by atoms with Gasteiger partial charge in [-0.05, 0) is 0 Å². The van der Waals surface area contributed by atoms with Gasteiger partial charge in [-0.15, -0.1) is 0 Å². The molecule has 0 aromatic heterocycles. The van der Waals surface area contributed by atoms with Crippen molar-refractivity contribution in [1.82, 2.24) is 10.3 Å². The Labute approximate surface area is 65.0 Å². The van der Waals surface area contributed by atoms with Crippen molar-refractivity contribution in [1.29, 1.82) is 0 Å². The largest absolute Gasteiger partial charge is 0.386 e. The molecule has 0 spiro atoms. The van der Waals surface area contributed by atoms with Crippen LogP contribution in [0.5, 0.6) is 0 Å². The molecule has 0 aliphatic rings. The zero-order chi connectivity index (χ0) is 8.85. The molecule has 0 aliphatic heterocycles. The number of amides is 1. The second-order valence-corrected chi connectivity index (χ2v) is 2.07. The van der Waals surface area contributed by atoms with Gasteiger partial charge in [-0.2, -0.15) is 0 Å². The molecule has 0 aromatic carbocycles. The van der Waals surface area contributed by atoms with E-state index < -0.39 is 5.91 Å². The number of carbonyl (C=O) groups is 1. The lowest BCUT2D eigenvalue weighted by atomic mass is 10.6. The number of hydrogen-bond donors (Lipinski definition) is 4. The summed E-state index contributed by atoms with van der Waals surface area (Å²) < 4.78 is 0. The van der Waals surface area contributed by atoms with Crippen LogP contribution >= 0.6 is 0 Å². The monoisotopic (exact) mass is 159 g/mol. The zero-order valence-corrected chi connectivity index (χ0v) is 6.21. The lowest BCUT2D eigenvalue weighted by Crippen LogP contribution is -2.44. The minimum atomic E-state index is -0.489. The third-order valence-electron chi connectivity index (χ3n) is 0.868. The second kappa shape index (κ2) is 4.53. The second-order valence-electron chi connectivity index (χ2n) is 2.07. The smallest absolute Gasteiger partial charge is 0.233 e. The molecule has 7 N–H and O–H groups in total. The summed E-state index contributed by atoms with van der Waals surface area (Å²) in [5, 5.41) is 3.82. The summed E-state index contributed by atoms with van der Waals surface area (Å²) in [6, 6.07) is 0. The van der Waals surface area contributed by atoms with Crippen molar-refractivity contribution in [3.63, 3.8) is 0 Å². The number of carbonyl (C=O) groups excluding carboxylic acids is 1. The van der Waals surface area contributed by atoms with Crippen LogP contribution in [0.3, 0.4) is 0 Å². The molecule has 64 valence electrons. The van der Waals surface area contributed by atoms with Crippen LogP contribution in [0.4, 0.5) is 0 Å². The Morgan fingerprint density at radius 3 is 2.45 bits per heavy atom. The van der Waals surface area contributed by atoms with Crippen LogP contribution in [0.25, 0.3) is 0 Å². The summed E-state index contributed by atoms with van der Waals surface area (Å²) in [6.07, 6.45) is 0. The van der Waals surface area contributed by atoms with E-state index >= 15 is 0 Å². The Kier molecular flexibility index (Phi) is 4.01. The molecule has 0 heterocycles. The molecule has 0 rings (SSSR count). The van der Waals surface area contributed by atoms with Gasteiger partial charge in [0.25, 0.3) is 0 Å². The molecule has 0 saturated heterocycles. The maximum atomic E-state index is 10.3. The van der Waals surface area contributed by atoms with Gasteiger partial charge >= 0.3 is 0 Å². The fourth-order valence-electron chi connectivity index (χ4n) is 0.459. The van der Waals surface area contributed by atoms with Gasteiger partial charge in [-0.1, -0.05) is 6.58 Å². The Morgan fingerprint density at radius 2 is 2.09 bits per heavy atom. The molecular formula is C5H13N5O. The minimum absolute atomic E-state index is 0.0136. The summed E-state index contributed by atoms with van der Waals surface area (Å²) in [5.41, 5.74) is 10.0. The van der Waals surface area contributed by atoms with Crippen molar-refractivity contribution in [2.75, 3.05) is 13.2 Å². The number of nitrogens with zero attached hydrogens (tertiary/aromatic N) is 1. The van der Waals surface area contributed by atoms with Crippen molar-refractivity contribution in [3.05, 3.63) is 12.4 Å². The van der Waals surface area contributed by atoms with Gasteiger partial charge in [0.15, 0.2) is 0 Å². The topological polar surface area (TPSA) is 110 Å². The highest BCUT2D eigenvalue weighted by Gasteiger charge is 2.00. The van der Waals surface area contributed by atoms with Gasteiger partial charge in [-0.25, -0.2) is 5.01 Å². The van der Waals surface area contributed by atoms with Gasteiger partial charge in [0.05, 0.1) is 19.0 Å². The molecule has 0 radical (unpaired) electrons. The Hall–Kier alpha value is -1.27. The highest BCUT2D eigenvalue weighted by Crippen LogP contribution is 1.73. The van der Waals surface area contributed by atoms with Crippen LogP contribution < -0.4 is 22.6 Å². The number of nitrogens with one attached hydrogen (secondary N) is 1.